The lowest BCUT2D eigenvalue weighted by Crippen LogP contribution is -2.37. The molecule has 0 bridgehead atoms. The van der Waals surface area contributed by atoms with Gasteiger partial charge in [0.15, 0.2) is 0 Å². The smallest absolute Gasteiger partial charge is 0.361 e. The Hall–Kier alpha value is -3.29. The van der Waals surface area contributed by atoms with Gasteiger partial charge < -0.3 is 15.6 Å². The van der Waals surface area contributed by atoms with Crippen molar-refractivity contribution in [1.29, 1.82) is 0 Å². The van der Waals surface area contributed by atoms with E-state index < -0.39 is 17.6 Å². The van der Waals surface area contributed by atoms with Gasteiger partial charge in [0, 0.05) is 29.2 Å². The number of aromatic amines is 1. The lowest BCUT2D eigenvalue weighted by molar-refractivity contribution is -0.137. The quantitative estimate of drug-likeness (QED) is 0.605. The van der Waals surface area contributed by atoms with Crippen LogP contribution in [0, 0.1) is 0 Å². The fourth-order valence-electron chi connectivity index (χ4n) is 2.81. The zero-order valence-corrected chi connectivity index (χ0v) is 14.8. The summed E-state index contributed by atoms with van der Waals surface area (Å²) in [6.07, 6.45) is -1.94. The minimum atomic E-state index is -4.46. The van der Waals surface area contributed by atoms with Gasteiger partial charge in [0.05, 0.1) is 12.1 Å². The molecule has 0 unspecified atom stereocenters. The zero-order valence-electron chi connectivity index (χ0n) is 14.8. The highest BCUT2D eigenvalue weighted by Gasteiger charge is 2.30. The van der Waals surface area contributed by atoms with E-state index in [-0.39, 0.29) is 18.0 Å². The normalized spacial score (nSPS) is 11.4. The first-order valence-corrected chi connectivity index (χ1v) is 8.62. The molecule has 0 saturated carbocycles. The fraction of sp³-hybridized carbons (Fsp3) is 0.200. The van der Waals surface area contributed by atoms with Crippen molar-refractivity contribution in [3.63, 3.8) is 0 Å². The topological polar surface area (TPSA) is 74.0 Å². The Bertz CT molecular complexity index is 978. The van der Waals surface area contributed by atoms with Crippen LogP contribution in [0.2, 0.25) is 0 Å². The molecular weight excluding hydrogens is 371 g/mol. The molecule has 3 aromatic rings. The highest BCUT2D eigenvalue weighted by molar-refractivity contribution is 5.96. The van der Waals surface area contributed by atoms with Gasteiger partial charge in [0.25, 0.3) is 5.91 Å². The number of fused-ring (bicyclic) bond motifs is 1. The van der Waals surface area contributed by atoms with E-state index in [1.54, 1.807) is 0 Å². The summed E-state index contributed by atoms with van der Waals surface area (Å²) < 4.78 is 37.6. The molecule has 0 atom stereocenters. The summed E-state index contributed by atoms with van der Waals surface area (Å²) in [7, 11) is 0. The van der Waals surface area contributed by atoms with E-state index in [0.29, 0.717) is 13.0 Å². The van der Waals surface area contributed by atoms with Gasteiger partial charge in [0.2, 0.25) is 5.91 Å². The molecule has 1 aromatic heterocycles. The summed E-state index contributed by atoms with van der Waals surface area (Å²) in [5, 5.41) is 6.19. The van der Waals surface area contributed by atoms with E-state index >= 15 is 0 Å². The molecular formula is C20H18F3N3O2. The molecule has 2 amide bonds. The molecule has 0 spiro atoms. The fourth-order valence-corrected chi connectivity index (χ4v) is 2.81. The summed E-state index contributed by atoms with van der Waals surface area (Å²) in [6, 6.07) is 11.6. The van der Waals surface area contributed by atoms with Crippen LogP contribution in [0.15, 0.2) is 54.7 Å². The third-order valence-electron chi connectivity index (χ3n) is 4.28. The molecule has 3 rings (SSSR count). The Morgan fingerprint density at radius 1 is 0.964 bits per heavy atom. The minimum Gasteiger partial charge on any atom is -0.361 e. The van der Waals surface area contributed by atoms with Crippen LogP contribution < -0.4 is 10.6 Å². The van der Waals surface area contributed by atoms with Crippen LogP contribution in [0.4, 0.5) is 13.2 Å². The van der Waals surface area contributed by atoms with E-state index in [1.807, 2.05) is 30.5 Å². The third kappa shape index (κ3) is 4.70. The van der Waals surface area contributed by atoms with Crippen LogP contribution in [-0.4, -0.2) is 29.9 Å². The van der Waals surface area contributed by atoms with Crippen LogP contribution in [0.25, 0.3) is 10.9 Å². The van der Waals surface area contributed by atoms with Crippen LogP contribution in [0.3, 0.4) is 0 Å². The van der Waals surface area contributed by atoms with Crippen molar-refractivity contribution in [3.05, 3.63) is 71.4 Å². The number of halogens is 3. The molecule has 146 valence electrons. The maximum absolute atomic E-state index is 12.5. The first-order chi connectivity index (χ1) is 13.3. The zero-order chi connectivity index (χ0) is 20.1. The summed E-state index contributed by atoms with van der Waals surface area (Å²) in [5.74, 6) is -0.986. The molecule has 2 aromatic carbocycles. The predicted molar refractivity (Wildman–Crippen MR) is 98.8 cm³/mol. The average molecular weight is 389 g/mol. The molecule has 0 aliphatic carbocycles. The predicted octanol–water partition coefficient (Wildman–Crippen LogP) is 3.28. The number of benzene rings is 2. The van der Waals surface area contributed by atoms with Gasteiger partial charge in [-0.3, -0.25) is 9.59 Å². The molecule has 0 saturated heterocycles. The number of amides is 2. The van der Waals surface area contributed by atoms with E-state index in [4.69, 9.17) is 0 Å². The highest BCUT2D eigenvalue weighted by atomic mass is 19.4. The standard InChI is InChI=1S/C20H18F3N3O2/c21-20(22,23)15-7-5-13(6-8-15)19(28)26-12-18(27)24-10-9-14-11-25-17-4-2-1-3-16(14)17/h1-8,11,25H,9-10,12H2,(H,24,27)(H,26,28). The van der Waals surface area contributed by atoms with Crippen molar-refractivity contribution >= 4 is 22.7 Å². The van der Waals surface area contributed by atoms with Crippen molar-refractivity contribution in [1.82, 2.24) is 15.6 Å². The SMILES string of the molecule is O=C(CNC(=O)c1ccc(C(F)(F)F)cc1)NCCc1c[nH]c2ccccc12. The van der Waals surface area contributed by atoms with Gasteiger partial charge in [-0.25, -0.2) is 0 Å². The molecule has 0 aliphatic rings. The number of aromatic nitrogens is 1. The van der Waals surface area contributed by atoms with E-state index in [1.165, 1.54) is 0 Å². The van der Waals surface area contributed by atoms with Crippen LogP contribution in [-0.2, 0) is 17.4 Å². The van der Waals surface area contributed by atoms with Crippen LogP contribution in [0.1, 0.15) is 21.5 Å². The summed E-state index contributed by atoms with van der Waals surface area (Å²) >= 11 is 0. The number of rotatable bonds is 6. The van der Waals surface area contributed by atoms with Gasteiger partial charge in [-0.05, 0) is 42.3 Å². The average Bonchev–Trinajstić information content (AvgIpc) is 3.09. The maximum Gasteiger partial charge on any atom is 0.416 e. The number of alkyl halides is 3. The monoisotopic (exact) mass is 389 g/mol. The first kappa shape index (κ1) is 19.5. The van der Waals surface area contributed by atoms with Gasteiger partial charge in [-0.2, -0.15) is 13.2 Å². The number of nitrogens with one attached hydrogen (secondary N) is 3. The van der Waals surface area contributed by atoms with Crippen molar-refractivity contribution in [2.45, 2.75) is 12.6 Å². The minimum absolute atomic E-state index is 0.0552. The van der Waals surface area contributed by atoms with Gasteiger partial charge in [-0.1, -0.05) is 18.2 Å². The van der Waals surface area contributed by atoms with Gasteiger partial charge in [0.1, 0.15) is 0 Å². The Morgan fingerprint density at radius 3 is 2.39 bits per heavy atom. The van der Waals surface area contributed by atoms with Gasteiger partial charge in [-0.15, -0.1) is 0 Å². The summed E-state index contributed by atoms with van der Waals surface area (Å²) in [4.78, 5) is 27.0. The lowest BCUT2D eigenvalue weighted by Gasteiger charge is -2.09. The number of carbonyl (C=O) groups is 2. The number of carbonyl (C=O) groups excluding carboxylic acids is 2. The van der Waals surface area contributed by atoms with Crippen molar-refractivity contribution in [3.8, 4) is 0 Å². The van der Waals surface area contributed by atoms with Crippen LogP contribution in [0.5, 0.6) is 0 Å². The second-order valence-electron chi connectivity index (χ2n) is 6.22. The number of H-pyrrole nitrogens is 1. The molecule has 1 heterocycles. The van der Waals surface area contributed by atoms with E-state index in [2.05, 4.69) is 15.6 Å². The van der Waals surface area contributed by atoms with Crippen molar-refractivity contribution in [2.24, 2.45) is 0 Å². The molecule has 0 aliphatic heterocycles. The summed E-state index contributed by atoms with van der Waals surface area (Å²) in [6.45, 7) is 0.143. The molecule has 0 radical (unpaired) electrons. The number of para-hydroxylation sites is 1. The summed E-state index contributed by atoms with van der Waals surface area (Å²) in [5.41, 5.74) is 1.32. The molecule has 5 nitrogen and oxygen atoms in total. The molecule has 0 fully saturated rings. The maximum atomic E-state index is 12.5. The molecule has 28 heavy (non-hydrogen) atoms. The molecule has 3 N–H and O–H groups in total. The Balaban J connectivity index is 1.44. The van der Waals surface area contributed by atoms with E-state index in [0.717, 1.165) is 40.7 Å². The Morgan fingerprint density at radius 2 is 1.68 bits per heavy atom. The second kappa shape index (κ2) is 8.16. The number of hydrogen-bond donors (Lipinski definition) is 3. The Kier molecular flexibility index (Phi) is 5.67. The van der Waals surface area contributed by atoms with Crippen molar-refractivity contribution < 1.29 is 22.8 Å². The molecule has 8 heteroatoms. The third-order valence-corrected chi connectivity index (χ3v) is 4.28. The van der Waals surface area contributed by atoms with E-state index in [9.17, 15) is 22.8 Å². The Labute approximate surface area is 158 Å². The largest absolute Gasteiger partial charge is 0.416 e. The second-order valence-corrected chi connectivity index (χ2v) is 6.22. The first-order valence-electron chi connectivity index (χ1n) is 8.62. The lowest BCUT2D eigenvalue weighted by atomic mass is 10.1. The highest BCUT2D eigenvalue weighted by Crippen LogP contribution is 2.29. The van der Waals surface area contributed by atoms with Crippen molar-refractivity contribution in [2.75, 3.05) is 13.1 Å². The van der Waals surface area contributed by atoms with Gasteiger partial charge >= 0.3 is 6.18 Å². The van der Waals surface area contributed by atoms with Crippen LogP contribution >= 0.6 is 0 Å². The number of hydrogen-bond acceptors (Lipinski definition) is 2.